The molecule has 1 aromatic rings. The summed E-state index contributed by atoms with van der Waals surface area (Å²) in [5.41, 5.74) is 0. The lowest BCUT2D eigenvalue weighted by Gasteiger charge is -2.20. The first-order valence-electron chi connectivity index (χ1n) is 6.23. The Morgan fingerprint density at radius 1 is 1.36 bits per heavy atom. The first-order valence-corrected chi connectivity index (χ1v) is 8.09. The number of sulfonamides is 1. The monoisotopic (exact) mass is 346 g/mol. The van der Waals surface area contributed by atoms with Crippen LogP contribution in [-0.2, 0) is 19.6 Å². The third kappa shape index (κ3) is 4.96. The first kappa shape index (κ1) is 18.4. The third-order valence-corrected chi connectivity index (χ3v) is 4.33. The van der Waals surface area contributed by atoms with E-state index in [2.05, 4.69) is 4.72 Å². The summed E-state index contributed by atoms with van der Waals surface area (Å²) < 4.78 is 31.1. The van der Waals surface area contributed by atoms with Crippen LogP contribution >= 0.6 is 11.6 Å². The van der Waals surface area contributed by atoms with E-state index in [4.69, 9.17) is 21.6 Å². The Bertz CT molecular complexity index is 667. The van der Waals surface area contributed by atoms with E-state index in [1.54, 1.807) is 6.07 Å². The van der Waals surface area contributed by atoms with E-state index < -0.39 is 34.2 Å². The largest absolute Gasteiger partial charge is 0.446 e. The number of aliphatic hydroxyl groups is 1. The number of nitriles is 1. The van der Waals surface area contributed by atoms with Crippen molar-refractivity contribution in [2.45, 2.75) is 37.0 Å². The van der Waals surface area contributed by atoms with Crippen molar-refractivity contribution in [1.82, 2.24) is 4.72 Å². The highest BCUT2D eigenvalue weighted by atomic mass is 35.5. The Morgan fingerprint density at radius 3 is 2.36 bits per heavy atom. The van der Waals surface area contributed by atoms with Crippen molar-refractivity contribution in [3.63, 3.8) is 0 Å². The summed E-state index contributed by atoms with van der Waals surface area (Å²) >= 11 is 5.68. The molecule has 22 heavy (non-hydrogen) atoms. The smallest absolute Gasteiger partial charge is 0.328 e. The van der Waals surface area contributed by atoms with Crippen LogP contribution in [0.3, 0.4) is 0 Å². The quantitative estimate of drug-likeness (QED) is 0.737. The topological polar surface area (TPSA) is 116 Å². The Balaban J connectivity index is 2.97. The minimum absolute atomic E-state index is 0.122. The standard InChI is InChI=1S/C13H15ClN2O5S/c1-8(7-15)21-13(18)12(9(2)17)16-22(19,20)11-5-3-10(14)4-6-11/h3-6,8-9,12,16-17H,1-2H3/t8-,9+,12+/m0/s1. The Hall–Kier alpha value is -1.66. The van der Waals surface area contributed by atoms with Gasteiger partial charge in [-0.1, -0.05) is 11.6 Å². The van der Waals surface area contributed by atoms with Gasteiger partial charge in [-0.05, 0) is 38.1 Å². The fourth-order valence-electron chi connectivity index (χ4n) is 1.47. The summed E-state index contributed by atoms with van der Waals surface area (Å²) in [5.74, 6) is -1.04. The maximum absolute atomic E-state index is 12.2. The molecule has 9 heteroatoms. The number of esters is 1. The van der Waals surface area contributed by atoms with Crippen LogP contribution in [0.1, 0.15) is 13.8 Å². The van der Waals surface area contributed by atoms with E-state index in [1.807, 2.05) is 0 Å². The number of halogens is 1. The summed E-state index contributed by atoms with van der Waals surface area (Å²) in [6.07, 6.45) is -2.41. The van der Waals surface area contributed by atoms with Crippen LogP contribution < -0.4 is 4.72 Å². The predicted octanol–water partition coefficient (Wildman–Crippen LogP) is 0.823. The molecule has 1 rings (SSSR count). The van der Waals surface area contributed by atoms with Crippen LogP contribution in [0, 0.1) is 11.3 Å². The molecule has 3 atom stereocenters. The van der Waals surface area contributed by atoms with E-state index in [0.717, 1.165) is 0 Å². The lowest BCUT2D eigenvalue weighted by molar-refractivity contribution is -0.150. The normalized spacial score (nSPS) is 15.4. The van der Waals surface area contributed by atoms with E-state index in [1.165, 1.54) is 38.1 Å². The third-order valence-electron chi connectivity index (χ3n) is 2.62. The van der Waals surface area contributed by atoms with Crippen LogP contribution in [0.25, 0.3) is 0 Å². The highest BCUT2D eigenvalue weighted by Crippen LogP contribution is 2.15. The number of carbonyl (C=O) groups excluding carboxylic acids is 1. The zero-order valence-corrected chi connectivity index (χ0v) is 13.4. The summed E-state index contributed by atoms with van der Waals surface area (Å²) in [4.78, 5) is 11.7. The van der Waals surface area contributed by atoms with Gasteiger partial charge in [0.15, 0.2) is 6.10 Å². The van der Waals surface area contributed by atoms with Gasteiger partial charge in [0.1, 0.15) is 12.1 Å². The zero-order valence-electron chi connectivity index (χ0n) is 11.9. The molecule has 0 saturated heterocycles. The molecule has 0 saturated carbocycles. The van der Waals surface area contributed by atoms with Crippen molar-refractivity contribution >= 4 is 27.6 Å². The highest BCUT2D eigenvalue weighted by molar-refractivity contribution is 7.89. The molecule has 0 amide bonds. The molecule has 0 aliphatic rings. The molecule has 120 valence electrons. The molecule has 0 heterocycles. The number of benzene rings is 1. The van der Waals surface area contributed by atoms with Gasteiger partial charge in [0.05, 0.1) is 11.0 Å². The molecule has 0 radical (unpaired) electrons. The zero-order chi connectivity index (χ0) is 16.9. The van der Waals surface area contributed by atoms with Crippen LogP contribution in [-0.4, -0.2) is 37.7 Å². The Morgan fingerprint density at radius 2 is 1.91 bits per heavy atom. The average molecular weight is 347 g/mol. The minimum atomic E-state index is -4.06. The summed E-state index contributed by atoms with van der Waals surface area (Å²) in [7, 11) is -4.06. The second kappa shape index (κ2) is 7.56. The maximum Gasteiger partial charge on any atom is 0.328 e. The second-order valence-electron chi connectivity index (χ2n) is 4.50. The van der Waals surface area contributed by atoms with Gasteiger partial charge in [0.2, 0.25) is 10.0 Å². The molecule has 0 bridgehead atoms. The van der Waals surface area contributed by atoms with E-state index >= 15 is 0 Å². The van der Waals surface area contributed by atoms with Crippen molar-refractivity contribution in [2.24, 2.45) is 0 Å². The Kier molecular flexibility index (Phi) is 6.32. The molecule has 0 aromatic heterocycles. The number of aliphatic hydroxyl groups excluding tert-OH is 1. The van der Waals surface area contributed by atoms with Gasteiger partial charge in [-0.15, -0.1) is 0 Å². The molecule has 0 aliphatic carbocycles. The number of hydrogen-bond donors (Lipinski definition) is 2. The van der Waals surface area contributed by atoms with Crippen molar-refractivity contribution in [3.8, 4) is 6.07 Å². The van der Waals surface area contributed by atoms with Gasteiger partial charge in [-0.25, -0.2) is 8.42 Å². The van der Waals surface area contributed by atoms with Gasteiger partial charge in [0.25, 0.3) is 0 Å². The maximum atomic E-state index is 12.2. The number of nitrogens with zero attached hydrogens (tertiary/aromatic N) is 1. The van der Waals surface area contributed by atoms with Crippen molar-refractivity contribution in [2.75, 3.05) is 0 Å². The molecular weight excluding hydrogens is 332 g/mol. The van der Waals surface area contributed by atoms with Crippen LogP contribution in [0.5, 0.6) is 0 Å². The first-order chi connectivity index (χ1) is 10.2. The van der Waals surface area contributed by atoms with E-state index in [-0.39, 0.29) is 4.90 Å². The van der Waals surface area contributed by atoms with E-state index in [0.29, 0.717) is 5.02 Å². The van der Waals surface area contributed by atoms with Gasteiger partial charge < -0.3 is 9.84 Å². The highest BCUT2D eigenvalue weighted by Gasteiger charge is 2.31. The lowest BCUT2D eigenvalue weighted by Crippen LogP contribution is -2.49. The van der Waals surface area contributed by atoms with Crippen molar-refractivity contribution in [3.05, 3.63) is 29.3 Å². The summed E-state index contributed by atoms with van der Waals surface area (Å²) in [5, 5.41) is 18.5. The average Bonchev–Trinajstić information content (AvgIpc) is 2.44. The molecule has 0 fully saturated rings. The summed E-state index contributed by atoms with van der Waals surface area (Å²) in [6, 6.07) is 5.41. The molecule has 0 spiro atoms. The number of hydrogen-bond acceptors (Lipinski definition) is 6. The molecule has 2 N–H and O–H groups in total. The second-order valence-corrected chi connectivity index (χ2v) is 6.65. The minimum Gasteiger partial charge on any atom is -0.446 e. The van der Waals surface area contributed by atoms with Crippen molar-refractivity contribution < 1.29 is 23.1 Å². The van der Waals surface area contributed by atoms with E-state index in [9.17, 15) is 18.3 Å². The molecule has 1 aromatic carbocycles. The molecule has 0 unspecified atom stereocenters. The van der Waals surface area contributed by atoms with Crippen LogP contribution in [0.2, 0.25) is 5.02 Å². The predicted molar refractivity (Wildman–Crippen MR) is 78.4 cm³/mol. The van der Waals surface area contributed by atoms with Crippen molar-refractivity contribution in [1.29, 1.82) is 5.26 Å². The molecule has 7 nitrogen and oxygen atoms in total. The van der Waals surface area contributed by atoms with Gasteiger partial charge in [0, 0.05) is 5.02 Å². The molecule has 0 aliphatic heterocycles. The summed E-state index contributed by atoms with van der Waals surface area (Å²) in [6.45, 7) is 2.55. The number of ether oxygens (including phenoxy) is 1. The van der Waals surface area contributed by atoms with Gasteiger partial charge >= 0.3 is 5.97 Å². The lowest BCUT2D eigenvalue weighted by atomic mass is 10.2. The Labute approximate surface area is 133 Å². The van der Waals surface area contributed by atoms with Crippen LogP contribution in [0.4, 0.5) is 0 Å². The number of carbonyl (C=O) groups is 1. The van der Waals surface area contributed by atoms with Gasteiger partial charge in [-0.3, -0.25) is 4.79 Å². The number of nitrogens with one attached hydrogen (secondary N) is 1. The number of rotatable bonds is 6. The SMILES string of the molecule is C[C@@H](C#N)OC(=O)[C@H](NS(=O)(=O)c1ccc(Cl)cc1)[C@@H](C)O. The molecular formula is C13H15ClN2O5S. The fraction of sp³-hybridized carbons (Fsp3) is 0.385. The van der Waals surface area contributed by atoms with Gasteiger partial charge in [-0.2, -0.15) is 9.98 Å². The fourth-order valence-corrected chi connectivity index (χ4v) is 2.85. The van der Waals surface area contributed by atoms with Crippen LogP contribution in [0.15, 0.2) is 29.2 Å².